The number of nitrogens with two attached hydrogens (primary N) is 1. The standard InChI is InChI=1S/C33H37N9O3/c1-2-3-8-29-36-31(25-15-9-22(10-16-25)19-20-35-30(43)18-17-28(34)33(44)45)39-42(29)21-23-11-13-24(14-12-23)26-6-4-5-7-27(26)32-37-40-41-38-32/h4-7,9-16,28H,2-3,8,17-21,34H2,1H3,(H,35,43)(H,44,45)(H,37,38,40,41). The number of carboxylic acid groups (broad SMARTS) is 1. The molecule has 12 heteroatoms. The van der Waals surface area contributed by atoms with E-state index >= 15 is 0 Å². The zero-order valence-corrected chi connectivity index (χ0v) is 25.2. The van der Waals surface area contributed by atoms with Crippen LogP contribution in [0.2, 0.25) is 0 Å². The second kappa shape index (κ2) is 15.0. The van der Waals surface area contributed by atoms with Crippen LogP contribution >= 0.6 is 0 Å². The molecule has 1 atom stereocenters. The van der Waals surface area contributed by atoms with E-state index in [2.05, 4.69) is 63.2 Å². The molecule has 0 aliphatic heterocycles. The van der Waals surface area contributed by atoms with Crippen molar-refractivity contribution in [2.45, 2.75) is 58.0 Å². The third kappa shape index (κ3) is 8.24. The molecule has 1 unspecified atom stereocenters. The van der Waals surface area contributed by atoms with E-state index in [9.17, 15) is 9.59 Å². The van der Waals surface area contributed by atoms with Gasteiger partial charge in [0.2, 0.25) is 11.7 Å². The number of carbonyl (C=O) groups excluding carboxylic acids is 1. The van der Waals surface area contributed by atoms with E-state index in [4.69, 9.17) is 20.9 Å². The second-order valence-corrected chi connectivity index (χ2v) is 10.9. The highest BCUT2D eigenvalue weighted by atomic mass is 16.4. The third-order valence-electron chi connectivity index (χ3n) is 7.56. The number of aryl methyl sites for hydroxylation is 1. The van der Waals surface area contributed by atoms with E-state index in [1.54, 1.807) is 0 Å². The maximum atomic E-state index is 12.0. The number of nitrogens with one attached hydrogen (secondary N) is 2. The molecule has 5 aromatic rings. The molecule has 45 heavy (non-hydrogen) atoms. The highest BCUT2D eigenvalue weighted by Crippen LogP contribution is 2.30. The first-order chi connectivity index (χ1) is 21.9. The molecular weight excluding hydrogens is 570 g/mol. The molecular formula is C33H37N9O3. The van der Waals surface area contributed by atoms with E-state index in [-0.39, 0.29) is 18.7 Å². The summed E-state index contributed by atoms with van der Waals surface area (Å²) in [4.78, 5) is 27.7. The van der Waals surface area contributed by atoms with Gasteiger partial charge in [0.25, 0.3) is 0 Å². The number of hydrogen-bond donors (Lipinski definition) is 4. The van der Waals surface area contributed by atoms with Crippen LogP contribution in [0.4, 0.5) is 0 Å². The van der Waals surface area contributed by atoms with Crippen LogP contribution in [0.3, 0.4) is 0 Å². The Kier molecular flexibility index (Phi) is 10.4. The van der Waals surface area contributed by atoms with Gasteiger partial charge in [-0.1, -0.05) is 86.1 Å². The molecule has 0 saturated carbocycles. The molecule has 0 fully saturated rings. The molecule has 3 aromatic carbocycles. The van der Waals surface area contributed by atoms with Gasteiger partial charge in [0, 0.05) is 30.5 Å². The molecule has 0 saturated heterocycles. The Hall–Kier alpha value is -5.23. The minimum absolute atomic E-state index is 0.0840. The van der Waals surface area contributed by atoms with Crippen molar-refractivity contribution in [3.63, 3.8) is 0 Å². The van der Waals surface area contributed by atoms with Crippen molar-refractivity contribution in [1.82, 2.24) is 40.7 Å². The van der Waals surface area contributed by atoms with Crippen molar-refractivity contribution < 1.29 is 14.7 Å². The van der Waals surface area contributed by atoms with E-state index in [1.807, 2.05) is 47.1 Å². The topological polar surface area (TPSA) is 178 Å². The summed E-state index contributed by atoms with van der Waals surface area (Å²) in [6, 6.07) is 23.4. The molecule has 2 aromatic heterocycles. The van der Waals surface area contributed by atoms with Gasteiger partial charge in [-0.3, -0.25) is 9.59 Å². The molecule has 12 nitrogen and oxygen atoms in total. The number of aromatic nitrogens is 7. The van der Waals surface area contributed by atoms with Gasteiger partial charge in [-0.2, -0.15) is 10.3 Å². The number of carboxylic acids is 1. The fraction of sp³-hybridized carbons (Fsp3) is 0.303. The summed E-state index contributed by atoms with van der Waals surface area (Å²) < 4.78 is 1.99. The number of aromatic amines is 1. The first kappa shape index (κ1) is 31.2. The Bertz CT molecular complexity index is 1700. The highest BCUT2D eigenvalue weighted by molar-refractivity contribution is 5.80. The maximum absolute atomic E-state index is 12.0. The monoisotopic (exact) mass is 607 g/mol. The van der Waals surface area contributed by atoms with Crippen LogP contribution in [-0.4, -0.2) is 65.0 Å². The average molecular weight is 608 g/mol. The number of benzene rings is 3. The number of hydrogen-bond acceptors (Lipinski definition) is 8. The van der Waals surface area contributed by atoms with Gasteiger partial charge in [-0.25, -0.2) is 9.67 Å². The van der Waals surface area contributed by atoms with Crippen LogP contribution in [0.1, 0.15) is 49.6 Å². The molecule has 5 N–H and O–H groups in total. The minimum atomic E-state index is -1.10. The third-order valence-corrected chi connectivity index (χ3v) is 7.56. The van der Waals surface area contributed by atoms with Crippen molar-refractivity contribution in [1.29, 1.82) is 0 Å². The number of amides is 1. The number of H-pyrrole nitrogens is 1. The zero-order valence-electron chi connectivity index (χ0n) is 25.2. The molecule has 0 bridgehead atoms. The van der Waals surface area contributed by atoms with Gasteiger partial charge in [-0.15, -0.1) is 10.2 Å². The van der Waals surface area contributed by atoms with Crippen LogP contribution in [0.5, 0.6) is 0 Å². The lowest BCUT2D eigenvalue weighted by Crippen LogP contribution is -2.33. The largest absolute Gasteiger partial charge is 0.480 e. The summed E-state index contributed by atoms with van der Waals surface area (Å²) >= 11 is 0. The molecule has 0 spiro atoms. The van der Waals surface area contributed by atoms with Crippen LogP contribution in [0, 0.1) is 0 Å². The van der Waals surface area contributed by atoms with E-state index in [1.165, 1.54) is 0 Å². The molecule has 0 aliphatic carbocycles. The van der Waals surface area contributed by atoms with Crippen molar-refractivity contribution in [2.75, 3.05) is 6.54 Å². The summed E-state index contributed by atoms with van der Waals surface area (Å²) in [5.41, 5.74) is 11.6. The Morgan fingerprint density at radius 3 is 2.33 bits per heavy atom. The summed E-state index contributed by atoms with van der Waals surface area (Å²) in [5.74, 6) is 0.880. The van der Waals surface area contributed by atoms with Crippen LogP contribution in [-0.2, 0) is 29.0 Å². The highest BCUT2D eigenvalue weighted by Gasteiger charge is 2.15. The molecule has 2 heterocycles. The Labute approximate surface area is 261 Å². The molecule has 0 aliphatic rings. The summed E-state index contributed by atoms with van der Waals surface area (Å²) in [5, 5.41) is 31.1. The number of rotatable bonds is 15. The molecule has 5 rings (SSSR count). The Balaban J connectivity index is 1.23. The van der Waals surface area contributed by atoms with Crippen LogP contribution < -0.4 is 11.1 Å². The lowest BCUT2D eigenvalue weighted by molar-refractivity contribution is -0.138. The molecule has 232 valence electrons. The first-order valence-electron chi connectivity index (χ1n) is 15.1. The van der Waals surface area contributed by atoms with Crippen molar-refractivity contribution >= 4 is 11.9 Å². The predicted octanol–water partition coefficient (Wildman–Crippen LogP) is 4.03. The van der Waals surface area contributed by atoms with Crippen molar-refractivity contribution in [3.8, 4) is 33.9 Å². The van der Waals surface area contributed by atoms with Gasteiger partial charge in [0.05, 0.1) is 6.54 Å². The summed E-state index contributed by atoms with van der Waals surface area (Å²) in [7, 11) is 0. The SMILES string of the molecule is CCCCc1nc(-c2ccc(CCNC(=O)CCC(N)C(=O)O)cc2)nn1Cc1ccc(-c2ccccc2-c2nn[nH]n2)cc1. The lowest BCUT2D eigenvalue weighted by atomic mass is 9.98. The van der Waals surface area contributed by atoms with Gasteiger partial charge in [0.15, 0.2) is 5.82 Å². The number of nitrogens with zero attached hydrogens (tertiary/aromatic N) is 6. The van der Waals surface area contributed by atoms with Crippen molar-refractivity contribution in [3.05, 3.63) is 89.7 Å². The van der Waals surface area contributed by atoms with Gasteiger partial charge < -0.3 is 16.2 Å². The van der Waals surface area contributed by atoms with E-state index in [0.29, 0.717) is 31.2 Å². The number of unbranched alkanes of at least 4 members (excludes halogenated alkanes) is 1. The first-order valence-corrected chi connectivity index (χ1v) is 15.1. The maximum Gasteiger partial charge on any atom is 0.320 e. The van der Waals surface area contributed by atoms with E-state index < -0.39 is 12.0 Å². The predicted molar refractivity (Wildman–Crippen MR) is 170 cm³/mol. The van der Waals surface area contributed by atoms with Gasteiger partial charge in [0.1, 0.15) is 11.9 Å². The zero-order chi connectivity index (χ0) is 31.6. The Morgan fingerprint density at radius 1 is 0.933 bits per heavy atom. The molecule has 0 radical (unpaired) electrons. The lowest BCUT2D eigenvalue weighted by Gasteiger charge is -2.09. The normalized spacial score (nSPS) is 11.8. The van der Waals surface area contributed by atoms with Crippen LogP contribution in [0.25, 0.3) is 33.9 Å². The fourth-order valence-electron chi connectivity index (χ4n) is 4.98. The number of tetrazole rings is 1. The smallest absolute Gasteiger partial charge is 0.320 e. The summed E-state index contributed by atoms with van der Waals surface area (Å²) in [6.45, 7) is 3.23. The minimum Gasteiger partial charge on any atom is -0.480 e. The second-order valence-electron chi connectivity index (χ2n) is 10.9. The van der Waals surface area contributed by atoms with Gasteiger partial charge in [-0.05, 0) is 46.7 Å². The van der Waals surface area contributed by atoms with Crippen molar-refractivity contribution in [2.24, 2.45) is 5.73 Å². The fourth-order valence-corrected chi connectivity index (χ4v) is 4.98. The number of aliphatic carboxylic acids is 1. The number of carbonyl (C=O) groups is 2. The Morgan fingerprint density at radius 2 is 1.64 bits per heavy atom. The quantitative estimate of drug-likeness (QED) is 0.137. The summed E-state index contributed by atoms with van der Waals surface area (Å²) in [6.07, 6.45) is 3.77. The molecule has 1 amide bonds. The van der Waals surface area contributed by atoms with Crippen LogP contribution in [0.15, 0.2) is 72.8 Å². The van der Waals surface area contributed by atoms with Gasteiger partial charge >= 0.3 is 5.97 Å². The average Bonchev–Trinajstić information content (AvgIpc) is 3.74. The van der Waals surface area contributed by atoms with E-state index in [0.717, 1.165) is 58.5 Å².